The van der Waals surface area contributed by atoms with Crippen molar-refractivity contribution in [1.29, 1.82) is 0 Å². The third-order valence-corrected chi connectivity index (χ3v) is 3.53. The van der Waals surface area contributed by atoms with Gasteiger partial charge < -0.3 is 19.9 Å². The summed E-state index contributed by atoms with van der Waals surface area (Å²) in [6.07, 6.45) is 6.50. The molecule has 2 N–H and O–H groups in total. The third-order valence-electron chi connectivity index (χ3n) is 3.53. The van der Waals surface area contributed by atoms with Gasteiger partial charge in [-0.1, -0.05) is 0 Å². The van der Waals surface area contributed by atoms with Crippen LogP contribution in [-0.2, 0) is 0 Å². The van der Waals surface area contributed by atoms with E-state index in [2.05, 4.69) is 15.6 Å². The second-order valence-electron chi connectivity index (χ2n) is 4.76. The summed E-state index contributed by atoms with van der Waals surface area (Å²) in [5.74, 6) is 0. The fraction of sp³-hybridized carbons (Fsp3) is 0.385. The number of nitrogens with zero attached hydrogens (tertiary/aromatic N) is 3. The molecule has 1 aliphatic rings. The molecule has 2 aromatic rings. The predicted octanol–water partition coefficient (Wildman–Crippen LogP) is 1.16. The average Bonchev–Trinajstić information content (AvgIpc) is 3.06. The summed E-state index contributed by atoms with van der Waals surface area (Å²) in [7, 11) is 1.93. The quantitative estimate of drug-likeness (QED) is 0.850. The first kappa shape index (κ1) is 12.0. The Morgan fingerprint density at radius 2 is 2.37 bits per heavy atom. The lowest BCUT2D eigenvalue weighted by molar-refractivity contribution is 0.221. The van der Waals surface area contributed by atoms with Gasteiger partial charge in [-0.05, 0) is 19.5 Å². The van der Waals surface area contributed by atoms with Gasteiger partial charge >= 0.3 is 6.03 Å². The van der Waals surface area contributed by atoms with Crippen LogP contribution in [0.25, 0.3) is 5.65 Å². The van der Waals surface area contributed by atoms with Crippen LogP contribution in [-0.4, -0.2) is 46.5 Å². The number of imidazole rings is 1. The molecule has 3 rings (SSSR count). The number of fused-ring (bicyclic) bond motifs is 1. The Balaban J connectivity index is 1.68. The number of hydrogen-bond acceptors (Lipinski definition) is 3. The van der Waals surface area contributed by atoms with E-state index >= 15 is 0 Å². The molecule has 19 heavy (non-hydrogen) atoms. The van der Waals surface area contributed by atoms with Gasteiger partial charge in [-0.3, -0.25) is 0 Å². The molecule has 3 heterocycles. The van der Waals surface area contributed by atoms with Crippen LogP contribution in [0.15, 0.2) is 30.7 Å². The van der Waals surface area contributed by atoms with E-state index < -0.39 is 0 Å². The maximum atomic E-state index is 12.1. The van der Waals surface area contributed by atoms with Gasteiger partial charge in [0.2, 0.25) is 0 Å². The van der Waals surface area contributed by atoms with E-state index in [1.807, 2.05) is 40.9 Å². The van der Waals surface area contributed by atoms with Gasteiger partial charge in [0, 0.05) is 49.5 Å². The Bertz CT molecular complexity index is 593. The molecule has 1 saturated heterocycles. The number of urea groups is 1. The molecule has 0 bridgehead atoms. The largest absolute Gasteiger partial charge is 0.323 e. The SMILES string of the molecule is CNC1CCN(C(=O)Nc2ccn3ccnc3c2)C1. The first-order chi connectivity index (χ1) is 9.26. The molecule has 2 aromatic heterocycles. The highest BCUT2D eigenvalue weighted by Crippen LogP contribution is 2.14. The zero-order valence-electron chi connectivity index (χ0n) is 10.8. The third kappa shape index (κ3) is 2.39. The molecular weight excluding hydrogens is 242 g/mol. The van der Waals surface area contributed by atoms with Gasteiger partial charge in [-0.25, -0.2) is 9.78 Å². The highest BCUT2D eigenvalue weighted by atomic mass is 16.2. The minimum absolute atomic E-state index is 0.0475. The van der Waals surface area contributed by atoms with E-state index in [0.29, 0.717) is 6.04 Å². The molecular formula is C13H17N5O. The molecule has 1 unspecified atom stereocenters. The fourth-order valence-corrected chi connectivity index (χ4v) is 2.37. The number of anilines is 1. The average molecular weight is 259 g/mol. The van der Waals surface area contributed by atoms with Crippen molar-refractivity contribution in [2.75, 3.05) is 25.5 Å². The lowest BCUT2D eigenvalue weighted by Gasteiger charge is -2.17. The zero-order chi connectivity index (χ0) is 13.2. The maximum absolute atomic E-state index is 12.1. The molecule has 0 saturated carbocycles. The van der Waals surface area contributed by atoms with Gasteiger partial charge in [-0.15, -0.1) is 0 Å². The highest BCUT2D eigenvalue weighted by molar-refractivity contribution is 5.90. The summed E-state index contributed by atoms with van der Waals surface area (Å²) in [5, 5.41) is 6.11. The van der Waals surface area contributed by atoms with Crippen LogP contribution < -0.4 is 10.6 Å². The van der Waals surface area contributed by atoms with Gasteiger partial charge in [0.25, 0.3) is 0 Å². The van der Waals surface area contributed by atoms with Crippen molar-refractivity contribution in [3.05, 3.63) is 30.7 Å². The number of rotatable bonds is 2. The van der Waals surface area contributed by atoms with Crippen LogP contribution in [0.4, 0.5) is 10.5 Å². The van der Waals surface area contributed by atoms with Gasteiger partial charge in [0.05, 0.1) is 0 Å². The second kappa shape index (κ2) is 4.89. The number of likely N-dealkylation sites (N-methyl/N-ethyl adjacent to an activating group) is 1. The molecule has 0 aromatic carbocycles. The molecule has 1 aliphatic heterocycles. The monoisotopic (exact) mass is 259 g/mol. The number of carbonyl (C=O) groups is 1. The van der Waals surface area contributed by atoms with E-state index in [9.17, 15) is 4.79 Å². The van der Waals surface area contributed by atoms with Gasteiger partial charge in [-0.2, -0.15) is 0 Å². The van der Waals surface area contributed by atoms with E-state index in [1.54, 1.807) is 6.20 Å². The Morgan fingerprint density at radius 1 is 1.47 bits per heavy atom. The standard InChI is InChI=1S/C13H17N5O/c1-14-11-3-6-18(9-11)13(19)16-10-2-5-17-7-4-15-12(17)8-10/h2,4-5,7-8,11,14H,3,6,9H2,1H3,(H,16,19). The minimum atomic E-state index is -0.0475. The van der Waals surface area contributed by atoms with Crippen molar-refractivity contribution in [2.45, 2.75) is 12.5 Å². The molecule has 1 atom stereocenters. The Hall–Kier alpha value is -2.08. The molecule has 6 heteroatoms. The Kier molecular flexibility index (Phi) is 3.08. The van der Waals surface area contributed by atoms with Crippen LogP contribution in [0.3, 0.4) is 0 Å². The predicted molar refractivity (Wildman–Crippen MR) is 73.2 cm³/mol. The number of aromatic nitrogens is 2. The van der Waals surface area contributed by atoms with Crippen LogP contribution >= 0.6 is 0 Å². The molecule has 6 nitrogen and oxygen atoms in total. The molecule has 0 radical (unpaired) electrons. The number of nitrogens with one attached hydrogen (secondary N) is 2. The van der Waals surface area contributed by atoms with Crippen molar-refractivity contribution >= 4 is 17.4 Å². The second-order valence-corrected chi connectivity index (χ2v) is 4.76. The van der Waals surface area contributed by atoms with Crippen molar-refractivity contribution < 1.29 is 4.79 Å². The number of amides is 2. The molecule has 1 fully saturated rings. The van der Waals surface area contributed by atoms with E-state index in [-0.39, 0.29) is 6.03 Å². The topological polar surface area (TPSA) is 61.7 Å². The summed E-state index contributed by atoms with van der Waals surface area (Å²) < 4.78 is 1.91. The lowest BCUT2D eigenvalue weighted by atomic mass is 10.3. The maximum Gasteiger partial charge on any atom is 0.321 e. The smallest absolute Gasteiger partial charge is 0.321 e. The summed E-state index contributed by atoms with van der Waals surface area (Å²) in [6, 6.07) is 4.09. The normalized spacial score (nSPS) is 19.0. The van der Waals surface area contributed by atoms with Crippen molar-refractivity contribution in [2.24, 2.45) is 0 Å². The Morgan fingerprint density at radius 3 is 3.16 bits per heavy atom. The highest BCUT2D eigenvalue weighted by Gasteiger charge is 2.24. The number of carbonyl (C=O) groups excluding carboxylic acids is 1. The van der Waals surface area contributed by atoms with Crippen LogP contribution in [0.5, 0.6) is 0 Å². The van der Waals surface area contributed by atoms with E-state index in [1.165, 1.54) is 0 Å². The minimum Gasteiger partial charge on any atom is -0.323 e. The van der Waals surface area contributed by atoms with Crippen LogP contribution in [0.1, 0.15) is 6.42 Å². The summed E-state index contributed by atoms with van der Waals surface area (Å²) in [5.41, 5.74) is 1.60. The number of pyridine rings is 1. The zero-order valence-corrected chi connectivity index (χ0v) is 10.8. The van der Waals surface area contributed by atoms with Crippen molar-refractivity contribution in [1.82, 2.24) is 19.6 Å². The Labute approximate surface area is 111 Å². The van der Waals surface area contributed by atoms with E-state index in [0.717, 1.165) is 30.8 Å². The number of hydrogen-bond donors (Lipinski definition) is 2. The molecule has 0 aliphatic carbocycles. The molecule has 2 amide bonds. The summed E-state index contributed by atoms with van der Waals surface area (Å²) >= 11 is 0. The molecule has 0 spiro atoms. The van der Waals surface area contributed by atoms with Crippen molar-refractivity contribution in [3.63, 3.8) is 0 Å². The lowest BCUT2D eigenvalue weighted by Crippen LogP contribution is -2.36. The van der Waals surface area contributed by atoms with Crippen LogP contribution in [0, 0.1) is 0 Å². The fourth-order valence-electron chi connectivity index (χ4n) is 2.37. The van der Waals surface area contributed by atoms with Gasteiger partial charge in [0.15, 0.2) is 0 Å². The molecule has 100 valence electrons. The first-order valence-electron chi connectivity index (χ1n) is 6.42. The summed E-state index contributed by atoms with van der Waals surface area (Å²) in [6.45, 7) is 1.55. The first-order valence-corrected chi connectivity index (χ1v) is 6.42. The van der Waals surface area contributed by atoms with E-state index in [4.69, 9.17) is 0 Å². The summed E-state index contributed by atoms with van der Waals surface area (Å²) in [4.78, 5) is 18.1. The number of likely N-dealkylation sites (tertiary alicyclic amines) is 1. The van der Waals surface area contributed by atoms with Gasteiger partial charge in [0.1, 0.15) is 5.65 Å². The van der Waals surface area contributed by atoms with Crippen LogP contribution in [0.2, 0.25) is 0 Å². The van der Waals surface area contributed by atoms with Crippen molar-refractivity contribution in [3.8, 4) is 0 Å².